The van der Waals surface area contributed by atoms with E-state index in [2.05, 4.69) is 49.9 Å². The van der Waals surface area contributed by atoms with Gasteiger partial charge in [-0.2, -0.15) is 0 Å². The van der Waals surface area contributed by atoms with Crippen LogP contribution >= 0.6 is 11.8 Å². The molecule has 0 amide bonds. The first-order valence-electron chi connectivity index (χ1n) is 7.26. The zero-order chi connectivity index (χ0) is 16.1. The molecular formula is C15H10N8S. The predicted molar refractivity (Wildman–Crippen MR) is 87.9 cm³/mol. The van der Waals surface area contributed by atoms with Crippen LogP contribution in [0.3, 0.4) is 0 Å². The highest BCUT2D eigenvalue weighted by molar-refractivity contribution is 7.99. The van der Waals surface area contributed by atoms with Crippen molar-refractivity contribution in [3.8, 4) is 0 Å². The van der Waals surface area contributed by atoms with Crippen molar-refractivity contribution in [3.63, 3.8) is 0 Å². The van der Waals surface area contributed by atoms with Crippen LogP contribution in [0.4, 0.5) is 0 Å². The van der Waals surface area contributed by atoms with Crippen molar-refractivity contribution in [2.24, 2.45) is 0 Å². The molecular weight excluding hydrogens is 324 g/mol. The molecule has 0 bridgehead atoms. The van der Waals surface area contributed by atoms with Crippen molar-refractivity contribution in [2.45, 2.75) is 17.1 Å². The predicted octanol–water partition coefficient (Wildman–Crippen LogP) is 2.17. The summed E-state index contributed by atoms with van der Waals surface area (Å²) in [6.07, 6.45) is 0. The fourth-order valence-corrected chi connectivity index (χ4v) is 3.53. The Morgan fingerprint density at radius 1 is 0.958 bits per heavy atom. The molecule has 0 aliphatic rings. The highest BCUT2D eigenvalue weighted by atomic mass is 32.2. The molecule has 0 aliphatic heterocycles. The van der Waals surface area contributed by atoms with Gasteiger partial charge in [-0.3, -0.25) is 4.40 Å². The quantitative estimate of drug-likeness (QED) is 0.489. The van der Waals surface area contributed by atoms with Crippen LogP contribution in [0, 0.1) is 6.92 Å². The van der Waals surface area contributed by atoms with E-state index in [0.717, 1.165) is 21.3 Å². The number of pyridine rings is 1. The standard InChI is InChI=1S/C15H10N8S/c1-9-8-13-16-18-15(22(13)11-5-3-2-4-10(9)11)24-14-7-6-12-17-20-21-23(12)19-14/h2-8H,1H3. The fourth-order valence-electron chi connectivity index (χ4n) is 2.72. The molecule has 0 atom stereocenters. The Hall–Kier alpha value is -3.07. The maximum Gasteiger partial charge on any atom is 0.202 e. The number of hydrogen-bond donors (Lipinski definition) is 0. The monoisotopic (exact) mass is 334 g/mol. The van der Waals surface area contributed by atoms with Gasteiger partial charge in [0.25, 0.3) is 0 Å². The minimum absolute atomic E-state index is 0.603. The van der Waals surface area contributed by atoms with Crippen LogP contribution in [0.25, 0.3) is 22.2 Å². The van der Waals surface area contributed by atoms with Crippen LogP contribution in [0.15, 0.2) is 52.6 Å². The molecule has 8 nitrogen and oxygen atoms in total. The third kappa shape index (κ3) is 1.95. The van der Waals surface area contributed by atoms with Gasteiger partial charge in [0, 0.05) is 5.39 Å². The zero-order valence-electron chi connectivity index (χ0n) is 12.5. The molecule has 0 unspecified atom stereocenters. The van der Waals surface area contributed by atoms with Crippen LogP contribution in [-0.2, 0) is 0 Å². The van der Waals surface area contributed by atoms with Gasteiger partial charge in [0.05, 0.1) is 5.52 Å². The van der Waals surface area contributed by atoms with Crippen LogP contribution in [0.2, 0.25) is 0 Å². The van der Waals surface area contributed by atoms with Gasteiger partial charge in [-0.05, 0) is 58.9 Å². The van der Waals surface area contributed by atoms with Gasteiger partial charge < -0.3 is 0 Å². The van der Waals surface area contributed by atoms with Gasteiger partial charge in [-0.25, -0.2) is 0 Å². The van der Waals surface area contributed by atoms with E-state index >= 15 is 0 Å². The lowest BCUT2D eigenvalue weighted by Gasteiger charge is -2.06. The lowest BCUT2D eigenvalue weighted by Crippen LogP contribution is -1.97. The first-order chi connectivity index (χ1) is 11.8. The molecule has 0 N–H and O–H groups in total. The van der Waals surface area contributed by atoms with Crippen LogP contribution in [0.5, 0.6) is 0 Å². The minimum Gasteiger partial charge on any atom is -0.270 e. The number of aromatic nitrogens is 8. The summed E-state index contributed by atoms with van der Waals surface area (Å²) in [5.74, 6) is 0. The number of para-hydroxylation sites is 1. The topological polar surface area (TPSA) is 86.2 Å². The van der Waals surface area contributed by atoms with Crippen molar-refractivity contribution >= 4 is 34.0 Å². The van der Waals surface area contributed by atoms with E-state index in [4.69, 9.17) is 0 Å². The van der Waals surface area contributed by atoms with E-state index in [1.807, 2.05) is 34.7 Å². The normalized spacial score (nSPS) is 11.7. The summed E-state index contributed by atoms with van der Waals surface area (Å²) in [7, 11) is 0. The number of aryl methyl sites for hydroxylation is 1. The molecule has 0 radical (unpaired) electrons. The zero-order valence-corrected chi connectivity index (χ0v) is 13.3. The first kappa shape index (κ1) is 13.4. The van der Waals surface area contributed by atoms with Gasteiger partial charge in [-0.15, -0.1) is 25.0 Å². The Bertz CT molecular complexity index is 1210. The number of fused-ring (bicyclic) bond motifs is 4. The first-order valence-corrected chi connectivity index (χ1v) is 8.08. The number of tetrazole rings is 1. The molecule has 0 aliphatic carbocycles. The van der Waals surface area contributed by atoms with E-state index in [-0.39, 0.29) is 0 Å². The Labute approximate surface area is 139 Å². The van der Waals surface area contributed by atoms with Crippen molar-refractivity contribution in [1.29, 1.82) is 0 Å². The maximum atomic E-state index is 4.38. The van der Waals surface area contributed by atoms with Gasteiger partial charge in [0.15, 0.2) is 11.3 Å². The van der Waals surface area contributed by atoms with E-state index < -0.39 is 0 Å². The molecule has 0 saturated carbocycles. The number of benzene rings is 1. The van der Waals surface area contributed by atoms with Gasteiger partial charge >= 0.3 is 0 Å². The highest BCUT2D eigenvalue weighted by Crippen LogP contribution is 2.29. The molecule has 116 valence electrons. The summed E-state index contributed by atoms with van der Waals surface area (Å²) < 4.78 is 3.44. The molecule has 4 aromatic heterocycles. The molecule has 0 saturated heterocycles. The molecule has 5 rings (SSSR count). The van der Waals surface area contributed by atoms with E-state index in [9.17, 15) is 0 Å². The Morgan fingerprint density at radius 2 is 1.88 bits per heavy atom. The van der Waals surface area contributed by atoms with E-state index in [0.29, 0.717) is 5.65 Å². The molecule has 0 spiro atoms. The Morgan fingerprint density at radius 3 is 2.83 bits per heavy atom. The third-order valence-electron chi connectivity index (χ3n) is 3.81. The van der Waals surface area contributed by atoms with Crippen molar-refractivity contribution in [1.82, 2.24) is 39.9 Å². The molecule has 5 aromatic rings. The van der Waals surface area contributed by atoms with Crippen LogP contribution in [-0.4, -0.2) is 39.9 Å². The van der Waals surface area contributed by atoms with E-state index in [1.54, 1.807) is 0 Å². The third-order valence-corrected chi connectivity index (χ3v) is 4.69. The molecule has 9 heteroatoms. The average molecular weight is 334 g/mol. The second kappa shape index (κ2) is 4.96. The Kier molecular flexibility index (Phi) is 2.77. The second-order valence-electron chi connectivity index (χ2n) is 5.32. The van der Waals surface area contributed by atoms with Crippen LogP contribution in [0.1, 0.15) is 5.56 Å². The van der Waals surface area contributed by atoms with E-state index in [1.165, 1.54) is 27.3 Å². The van der Waals surface area contributed by atoms with Crippen molar-refractivity contribution in [2.75, 3.05) is 0 Å². The minimum atomic E-state index is 0.603. The summed E-state index contributed by atoms with van der Waals surface area (Å²) in [5.41, 5.74) is 3.67. The van der Waals surface area contributed by atoms with Crippen LogP contribution < -0.4 is 0 Å². The molecule has 1 aromatic carbocycles. The number of rotatable bonds is 2. The second-order valence-corrected chi connectivity index (χ2v) is 6.31. The highest BCUT2D eigenvalue weighted by Gasteiger charge is 2.13. The lowest BCUT2D eigenvalue weighted by atomic mass is 10.1. The average Bonchev–Trinajstić information content (AvgIpc) is 3.22. The maximum absolute atomic E-state index is 4.38. The van der Waals surface area contributed by atoms with Gasteiger partial charge in [0.1, 0.15) is 5.03 Å². The summed E-state index contributed by atoms with van der Waals surface area (Å²) in [4.78, 5) is 0. The smallest absolute Gasteiger partial charge is 0.202 e. The van der Waals surface area contributed by atoms with Crippen molar-refractivity contribution < 1.29 is 0 Å². The lowest BCUT2D eigenvalue weighted by molar-refractivity contribution is 0.701. The Balaban J connectivity index is 1.70. The van der Waals surface area contributed by atoms with Crippen molar-refractivity contribution in [3.05, 3.63) is 48.0 Å². The number of hydrogen-bond acceptors (Lipinski definition) is 7. The van der Waals surface area contributed by atoms with Gasteiger partial charge in [0.2, 0.25) is 5.16 Å². The van der Waals surface area contributed by atoms with Gasteiger partial charge in [-0.1, -0.05) is 18.2 Å². The SMILES string of the molecule is Cc1cc2nnc(Sc3ccc4nnnn4n3)n2c2ccccc12. The summed E-state index contributed by atoms with van der Waals surface area (Å²) >= 11 is 1.42. The summed E-state index contributed by atoms with van der Waals surface area (Å²) in [6.45, 7) is 2.08. The fraction of sp³-hybridized carbons (Fsp3) is 0.0667. The number of nitrogens with zero attached hydrogens (tertiary/aromatic N) is 8. The summed E-state index contributed by atoms with van der Waals surface area (Å²) in [6, 6.07) is 13.9. The molecule has 0 fully saturated rings. The largest absolute Gasteiger partial charge is 0.270 e. The summed E-state index contributed by atoms with van der Waals surface area (Å²) in [5, 5.41) is 26.9. The molecule has 24 heavy (non-hydrogen) atoms. The molecule has 4 heterocycles.